The minimum atomic E-state index is -0.878. The number of hydrogen-bond acceptors (Lipinski definition) is 3. The first-order valence-electron chi connectivity index (χ1n) is 7.49. The summed E-state index contributed by atoms with van der Waals surface area (Å²) >= 11 is 0. The Labute approximate surface area is 125 Å². The highest BCUT2D eigenvalue weighted by atomic mass is 16.5. The van der Waals surface area contributed by atoms with Crippen molar-refractivity contribution in [2.24, 2.45) is 0 Å². The summed E-state index contributed by atoms with van der Waals surface area (Å²) in [4.78, 5) is 11.5. The van der Waals surface area contributed by atoms with Crippen molar-refractivity contribution in [1.82, 2.24) is 5.32 Å². The zero-order valence-corrected chi connectivity index (χ0v) is 12.5. The summed E-state index contributed by atoms with van der Waals surface area (Å²) in [6, 6.07) is 6.53. The van der Waals surface area contributed by atoms with Gasteiger partial charge < -0.3 is 15.2 Å². The van der Waals surface area contributed by atoms with Crippen molar-refractivity contribution in [3.8, 4) is 5.75 Å². The molecule has 0 amide bonds. The molecule has 0 aromatic heterocycles. The molecule has 4 heteroatoms. The van der Waals surface area contributed by atoms with E-state index in [0.29, 0.717) is 17.9 Å². The predicted molar refractivity (Wildman–Crippen MR) is 82.5 cm³/mol. The smallest absolute Gasteiger partial charge is 0.325 e. The van der Waals surface area contributed by atoms with Crippen molar-refractivity contribution in [1.29, 1.82) is 0 Å². The lowest BCUT2D eigenvalue weighted by atomic mass is 9.97. The molecule has 2 rings (SSSR count). The minimum absolute atomic E-state index is 0.606. The Morgan fingerprint density at radius 3 is 2.86 bits per heavy atom. The second-order valence-electron chi connectivity index (χ2n) is 5.33. The third-order valence-corrected chi connectivity index (χ3v) is 3.88. The number of allylic oxidation sites excluding steroid dienone is 1. The summed E-state index contributed by atoms with van der Waals surface area (Å²) in [5.41, 5.74) is 2.11. The number of benzene rings is 1. The van der Waals surface area contributed by atoms with Gasteiger partial charge in [-0.2, -0.15) is 0 Å². The molecule has 0 fully saturated rings. The third-order valence-electron chi connectivity index (χ3n) is 3.88. The van der Waals surface area contributed by atoms with E-state index in [4.69, 9.17) is 4.74 Å². The molecule has 1 aromatic carbocycles. The van der Waals surface area contributed by atoms with Crippen molar-refractivity contribution in [2.45, 2.75) is 38.1 Å². The first kappa shape index (κ1) is 15.6. The van der Waals surface area contributed by atoms with Crippen LogP contribution in [-0.4, -0.2) is 24.7 Å². The average molecular weight is 289 g/mol. The van der Waals surface area contributed by atoms with Gasteiger partial charge in [-0.05, 0) is 44.7 Å². The van der Waals surface area contributed by atoms with Crippen molar-refractivity contribution < 1.29 is 14.6 Å². The molecule has 114 valence electrons. The maximum Gasteiger partial charge on any atom is 0.325 e. The molecular formula is C17H23NO3. The Morgan fingerprint density at radius 2 is 2.19 bits per heavy atom. The van der Waals surface area contributed by atoms with Gasteiger partial charge in [0.2, 0.25) is 0 Å². The maximum absolute atomic E-state index is 11.5. The van der Waals surface area contributed by atoms with Gasteiger partial charge in [-0.1, -0.05) is 29.8 Å². The molecule has 21 heavy (non-hydrogen) atoms. The summed E-state index contributed by atoms with van der Waals surface area (Å²) in [6.07, 6.45) is 8.04. The maximum atomic E-state index is 11.5. The van der Waals surface area contributed by atoms with E-state index in [1.165, 1.54) is 18.4 Å². The van der Waals surface area contributed by atoms with Crippen LogP contribution in [-0.2, 0) is 4.79 Å². The van der Waals surface area contributed by atoms with Crippen LogP contribution >= 0.6 is 0 Å². The number of hydrogen-bond donors (Lipinski definition) is 2. The zero-order chi connectivity index (χ0) is 15.1. The summed E-state index contributed by atoms with van der Waals surface area (Å²) in [5, 5.41) is 12.6. The minimum Gasteiger partial charge on any atom is -0.496 e. The monoisotopic (exact) mass is 289 g/mol. The lowest BCUT2D eigenvalue weighted by Gasteiger charge is -2.19. The first-order chi connectivity index (χ1) is 10.2. The Kier molecular flexibility index (Phi) is 5.81. The Morgan fingerprint density at radius 1 is 1.38 bits per heavy atom. The van der Waals surface area contributed by atoms with Crippen LogP contribution in [0.4, 0.5) is 0 Å². The van der Waals surface area contributed by atoms with E-state index in [-0.39, 0.29) is 0 Å². The lowest BCUT2D eigenvalue weighted by Crippen LogP contribution is -2.30. The molecule has 0 heterocycles. The number of carboxylic acids is 1. The molecule has 1 unspecified atom stereocenters. The highest BCUT2D eigenvalue weighted by Crippen LogP contribution is 2.25. The van der Waals surface area contributed by atoms with Crippen LogP contribution in [0, 0.1) is 0 Å². The van der Waals surface area contributed by atoms with Crippen molar-refractivity contribution in [2.75, 3.05) is 13.7 Å². The van der Waals surface area contributed by atoms with Gasteiger partial charge in [-0.25, -0.2) is 0 Å². The van der Waals surface area contributed by atoms with E-state index in [1.54, 1.807) is 19.2 Å². The Bertz CT molecular complexity index is 511. The molecule has 4 nitrogen and oxygen atoms in total. The normalized spacial score (nSPS) is 16.1. The fourth-order valence-corrected chi connectivity index (χ4v) is 2.74. The van der Waals surface area contributed by atoms with Crippen LogP contribution in [0.3, 0.4) is 0 Å². The third kappa shape index (κ3) is 4.33. The first-order valence-corrected chi connectivity index (χ1v) is 7.49. The quantitative estimate of drug-likeness (QED) is 0.756. The van der Waals surface area contributed by atoms with Crippen LogP contribution in [0.2, 0.25) is 0 Å². The topological polar surface area (TPSA) is 58.6 Å². The second-order valence-corrected chi connectivity index (χ2v) is 5.33. The molecule has 0 saturated heterocycles. The SMILES string of the molecule is COc1ccccc1C(NCCC1=CCCCC1)C(=O)O. The van der Waals surface area contributed by atoms with E-state index in [2.05, 4.69) is 11.4 Å². The Balaban J connectivity index is 1.99. The van der Waals surface area contributed by atoms with Crippen LogP contribution in [0.25, 0.3) is 0 Å². The fraction of sp³-hybridized carbons (Fsp3) is 0.471. The molecule has 0 bridgehead atoms. The van der Waals surface area contributed by atoms with Crippen LogP contribution in [0.5, 0.6) is 5.75 Å². The highest BCUT2D eigenvalue weighted by molar-refractivity contribution is 5.76. The van der Waals surface area contributed by atoms with Crippen LogP contribution in [0.15, 0.2) is 35.9 Å². The van der Waals surface area contributed by atoms with Crippen molar-refractivity contribution in [3.63, 3.8) is 0 Å². The van der Waals surface area contributed by atoms with Gasteiger partial charge in [0, 0.05) is 5.56 Å². The number of ether oxygens (including phenoxy) is 1. The zero-order valence-electron chi connectivity index (χ0n) is 12.5. The standard InChI is InChI=1S/C17H23NO3/c1-21-15-10-6-5-9-14(15)16(17(19)20)18-12-11-13-7-3-2-4-8-13/h5-7,9-10,16,18H,2-4,8,11-12H2,1H3,(H,19,20). The van der Waals surface area contributed by atoms with E-state index in [1.807, 2.05) is 12.1 Å². The fourth-order valence-electron chi connectivity index (χ4n) is 2.74. The molecule has 1 aromatic rings. The number of para-hydroxylation sites is 1. The van der Waals surface area contributed by atoms with Crippen molar-refractivity contribution in [3.05, 3.63) is 41.5 Å². The van der Waals surface area contributed by atoms with Crippen LogP contribution < -0.4 is 10.1 Å². The molecule has 1 aliphatic carbocycles. The molecule has 0 aliphatic heterocycles. The predicted octanol–water partition coefficient (Wildman–Crippen LogP) is 3.30. The molecule has 0 radical (unpaired) electrons. The Hall–Kier alpha value is -1.81. The summed E-state index contributed by atoms with van der Waals surface area (Å²) < 4.78 is 5.26. The van der Waals surface area contributed by atoms with E-state index >= 15 is 0 Å². The molecule has 1 atom stereocenters. The number of carboxylic acid groups (broad SMARTS) is 1. The van der Waals surface area contributed by atoms with Crippen LogP contribution in [0.1, 0.15) is 43.7 Å². The van der Waals surface area contributed by atoms with E-state index in [9.17, 15) is 9.90 Å². The number of rotatable bonds is 7. The molecule has 0 spiro atoms. The lowest BCUT2D eigenvalue weighted by molar-refractivity contribution is -0.139. The molecule has 2 N–H and O–H groups in total. The summed E-state index contributed by atoms with van der Waals surface area (Å²) in [5.74, 6) is -0.272. The molecule has 0 saturated carbocycles. The highest BCUT2D eigenvalue weighted by Gasteiger charge is 2.22. The summed E-state index contributed by atoms with van der Waals surface area (Å²) in [7, 11) is 1.56. The van der Waals surface area contributed by atoms with E-state index in [0.717, 1.165) is 19.3 Å². The number of aliphatic carboxylic acids is 1. The molecular weight excluding hydrogens is 266 g/mol. The summed E-state index contributed by atoms with van der Waals surface area (Å²) in [6.45, 7) is 0.668. The number of nitrogens with one attached hydrogen (secondary N) is 1. The number of methoxy groups -OCH3 is 1. The van der Waals surface area contributed by atoms with E-state index < -0.39 is 12.0 Å². The average Bonchev–Trinajstić information content (AvgIpc) is 2.52. The van der Waals surface area contributed by atoms with Gasteiger partial charge in [0.25, 0.3) is 0 Å². The van der Waals surface area contributed by atoms with Gasteiger partial charge >= 0.3 is 5.97 Å². The van der Waals surface area contributed by atoms with Crippen molar-refractivity contribution >= 4 is 5.97 Å². The largest absolute Gasteiger partial charge is 0.496 e. The van der Waals surface area contributed by atoms with Gasteiger partial charge in [-0.3, -0.25) is 4.79 Å². The second kappa shape index (κ2) is 7.84. The van der Waals surface area contributed by atoms with Gasteiger partial charge in [0.05, 0.1) is 7.11 Å². The molecule has 1 aliphatic rings. The van der Waals surface area contributed by atoms with Gasteiger partial charge in [0.15, 0.2) is 0 Å². The number of carbonyl (C=O) groups is 1. The van der Waals surface area contributed by atoms with Gasteiger partial charge in [0.1, 0.15) is 11.8 Å². The van der Waals surface area contributed by atoms with Gasteiger partial charge in [-0.15, -0.1) is 0 Å².